The average Bonchev–Trinajstić information content (AvgIpc) is 1.82. The zero-order valence-corrected chi connectivity index (χ0v) is 11.9. The van der Waals surface area contributed by atoms with Gasteiger partial charge in [-0.05, 0) is 0 Å². The molecule has 0 amide bonds. The Morgan fingerprint density at radius 1 is 1.00 bits per heavy atom. The maximum absolute atomic E-state index is 10.1. The number of aliphatic hydroxyl groups is 1. The molecule has 0 unspecified atom stereocenters. The molecule has 0 rings (SSSR count). The summed E-state index contributed by atoms with van der Waals surface area (Å²) in [6, 6.07) is 0. The second kappa shape index (κ2) is 8.65. The Kier molecular flexibility index (Phi) is 12.0. The summed E-state index contributed by atoms with van der Waals surface area (Å²) in [6.45, 7) is 0. The maximum atomic E-state index is 10.1. The third-order valence-electron chi connectivity index (χ3n) is 1.25. The zero-order chi connectivity index (χ0) is 10.6. The van der Waals surface area contributed by atoms with Gasteiger partial charge in [-0.15, -0.1) is 0 Å². The normalized spacial score (nSPS) is 9.40. The van der Waals surface area contributed by atoms with Crippen molar-refractivity contribution in [3.05, 3.63) is 0 Å². The molecule has 0 aliphatic carbocycles. The Hall–Kier alpha value is 0.526. The first-order chi connectivity index (χ1) is 5.78. The van der Waals surface area contributed by atoms with Gasteiger partial charge in [-0.3, -0.25) is 0 Å². The first-order valence-electron chi connectivity index (χ1n) is 3.11. The minimum atomic E-state index is -2.97. The predicted octanol–water partition coefficient (Wildman–Crippen LogP) is -8.25. The van der Waals surface area contributed by atoms with Crippen LogP contribution in [0.15, 0.2) is 0 Å². The molecule has 0 aliphatic heterocycles. The molecular formula is C6H5FeKO7+. The summed E-state index contributed by atoms with van der Waals surface area (Å²) in [6.07, 6.45) is -2.72. The minimum absolute atomic E-state index is 0. The van der Waals surface area contributed by atoms with E-state index in [4.69, 9.17) is 5.11 Å². The Labute approximate surface area is 138 Å². The number of carbonyl (C=O) groups is 3. The van der Waals surface area contributed by atoms with Crippen LogP contribution >= 0.6 is 0 Å². The van der Waals surface area contributed by atoms with Gasteiger partial charge in [0.1, 0.15) is 5.60 Å². The summed E-state index contributed by atoms with van der Waals surface area (Å²) < 4.78 is 0. The molecule has 0 bridgehead atoms. The number of carbonyl (C=O) groups excluding carboxylic acids is 3. The number of rotatable bonds is 5. The van der Waals surface area contributed by atoms with E-state index in [1.54, 1.807) is 0 Å². The van der Waals surface area contributed by atoms with E-state index in [1.165, 1.54) is 0 Å². The molecular weight excluding hydrogens is 279 g/mol. The second-order valence-corrected chi connectivity index (χ2v) is 2.42. The van der Waals surface area contributed by atoms with Crippen molar-refractivity contribution in [2.24, 2.45) is 0 Å². The molecule has 0 atom stereocenters. The molecule has 9 heteroatoms. The Morgan fingerprint density at radius 2 is 1.27 bits per heavy atom. The van der Waals surface area contributed by atoms with Crippen molar-refractivity contribution in [3.8, 4) is 0 Å². The van der Waals surface area contributed by atoms with Gasteiger partial charge in [-0.1, -0.05) is 0 Å². The van der Waals surface area contributed by atoms with Crippen molar-refractivity contribution in [2.75, 3.05) is 0 Å². The SMILES string of the molecule is O=C([O-])CC(O)(CC(=O)[O-])C(=O)[O-].[Fe+3].[K+]. The largest absolute Gasteiger partial charge is 3.00 e. The number of aliphatic carboxylic acids is 3. The summed E-state index contributed by atoms with van der Waals surface area (Å²) in [4.78, 5) is 30.0. The van der Waals surface area contributed by atoms with Crippen molar-refractivity contribution < 1.29 is 103 Å². The van der Waals surface area contributed by atoms with Crippen molar-refractivity contribution in [3.63, 3.8) is 0 Å². The average molecular weight is 284 g/mol. The summed E-state index contributed by atoms with van der Waals surface area (Å²) in [5, 5.41) is 38.9. The third-order valence-corrected chi connectivity index (χ3v) is 1.25. The van der Waals surface area contributed by atoms with Gasteiger partial charge >= 0.3 is 68.5 Å². The minimum Gasteiger partial charge on any atom is -0.550 e. The Morgan fingerprint density at radius 3 is 1.40 bits per heavy atom. The summed E-state index contributed by atoms with van der Waals surface area (Å²) in [5.41, 5.74) is -2.97. The summed E-state index contributed by atoms with van der Waals surface area (Å²) in [5.74, 6) is -5.98. The van der Waals surface area contributed by atoms with Gasteiger partial charge < -0.3 is 34.8 Å². The van der Waals surface area contributed by atoms with E-state index in [1.807, 2.05) is 0 Å². The molecule has 15 heavy (non-hydrogen) atoms. The fourth-order valence-electron chi connectivity index (χ4n) is 0.684. The fourth-order valence-corrected chi connectivity index (χ4v) is 0.684. The first-order valence-corrected chi connectivity index (χ1v) is 3.11. The zero-order valence-electron chi connectivity index (χ0n) is 7.66. The van der Waals surface area contributed by atoms with Gasteiger partial charge in [-0.25, -0.2) is 0 Å². The molecule has 7 nitrogen and oxygen atoms in total. The third kappa shape index (κ3) is 8.35. The molecule has 0 aliphatic rings. The van der Waals surface area contributed by atoms with E-state index in [0.717, 1.165) is 0 Å². The molecule has 0 saturated heterocycles. The van der Waals surface area contributed by atoms with Crippen LogP contribution in [0.1, 0.15) is 12.8 Å². The van der Waals surface area contributed by atoms with Gasteiger partial charge in [-0.2, -0.15) is 0 Å². The van der Waals surface area contributed by atoms with E-state index in [0.29, 0.717) is 0 Å². The molecule has 0 spiro atoms. The summed E-state index contributed by atoms with van der Waals surface area (Å²) in [7, 11) is 0. The maximum Gasteiger partial charge on any atom is 3.00 e. The predicted molar refractivity (Wildman–Crippen MR) is 29.2 cm³/mol. The van der Waals surface area contributed by atoms with Crippen molar-refractivity contribution in [1.82, 2.24) is 0 Å². The number of hydrogen-bond donors (Lipinski definition) is 1. The molecule has 0 aromatic heterocycles. The fraction of sp³-hybridized carbons (Fsp3) is 0.500. The van der Waals surface area contributed by atoms with Crippen LogP contribution in [-0.2, 0) is 31.5 Å². The Balaban J connectivity index is -0.000000720. The van der Waals surface area contributed by atoms with Crippen LogP contribution in [0.2, 0.25) is 0 Å². The second-order valence-electron chi connectivity index (χ2n) is 2.42. The van der Waals surface area contributed by atoms with Crippen LogP contribution in [0.3, 0.4) is 0 Å². The van der Waals surface area contributed by atoms with Crippen molar-refractivity contribution in [1.29, 1.82) is 0 Å². The molecule has 1 radical (unpaired) electrons. The monoisotopic (exact) mass is 284 g/mol. The summed E-state index contributed by atoms with van der Waals surface area (Å²) >= 11 is 0. The smallest absolute Gasteiger partial charge is 0.550 e. The van der Waals surface area contributed by atoms with Crippen LogP contribution in [-0.4, -0.2) is 28.6 Å². The van der Waals surface area contributed by atoms with Gasteiger partial charge in [0.25, 0.3) is 0 Å². The molecule has 0 saturated carbocycles. The van der Waals surface area contributed by atoms with Crippen LogP contribution < -0.4 is 66.7 Å². The van der Waals surface area contributed by atoms with Gasteiger partial charge in [0.15, 0.2) is 0 Å². The van der Waals surface area contributed by atoms with Crippen LogP contribution in [0.4, 0.5) is 0 Å². The van der Waals surface area contributed by atoms with Crippen molar-refractivity contribution >= 4 is 17.9 Å². The van der Waals surface area contributed by atoms with Crippen LogP contribution in [0, 0.1) is 0 Å². The van der Waals surface area contributed by atoms with E-state index in [-0.39, 0.29) is 68.5 Å². The van der Waals surface area contributed by atoms with Gasteiger partial charge in [0.2, 0.25) is 0 Å². The molecule has 79 valence electrons. The molecule has 0 aromatic rings. The number of carboxylic acids is 3. The van der Waals surface area contributed by atoms with Gasteiger partial charge in [0, 0.05) is 24.8 Å². The van der Waals surface area contributed by atoms with Crippen molar-refractivity contribution in [2.45, 2.75) is 18.4 Å². The van der Waals surface area contributed by atoms with E-state index in [9.17, 15) is 29.7 Å². The molecule has 0 heterocycles. The topological polar surface area (TPSA) is 141 Å². The molecule has 1 N–H and O–H groups in total. The molecule has 0 aromatic carbocycles. The first kappa shape index (κ1) is 20.9. The Bertz CT molecular complexity index is 238. The number of hydrogen-bond acceptors (Lipinski definition) is 7. The quantitative estimate of drug-likeness (QED) is 0.494. The van der Waals surface area contributed by atoms with E-state index >= 15 is 0 Å². The van der Waals surface area contributed by atoms with Crippen LogP contribution in [0.5, 0.6) is 0 Å². The van der Waals surface area contributed by atoms with Gasteiger partial charge in [0.05, 0.1) is 5.97 Å². The van der Waals surface area contributed by atoms with Crippen LogP contribution in [0.25, 0.3) is 0 Å². The van der Waals surface area contributed by atoms with E-state index in [2.05, 4.69) is 0 Å². The molecule has 0 fully saturated rings. The number of carboxylic acid groups (broad SMARTS) is 3. The van der Waals surface area contributed by atoms with E-state index < -0.39 is 36.4 Å². The standard InChI is InChI=1S/C6H8O7.Fe.K/c7-3(8)1-6(13,5(11)12)2-4(9)10;;/h13H,1-2H2,(H,7,8)(H,9,10)(H,11,12);;/q;+3;+1/p-3.